The van der Waals surface area contributed by atoms with Crippen LogP contribution in [0.25, 0.3) is 0 Å². The molecule has 0 aliphatic rings. The van der Waals surface area contributed by atoms with Crippen molar-refractivity contribution < 1.29 is 9.57 Å². The molecular weight excluding hydrogens is 432 g/mol. The van der Waals surface area contributed by atoms with Gasteiger partial charge < -0.3 is 4.74 Å². The predicted molar refractivity (Wildman–Crippen MR) is 148 cm³/mol. The van der Waals surface area contributed by atoms with Crippen molar-refractivity contribution in [3.8, 4) is 0 Å². The SMILES string of the molecule is C=CC(C)(OCC)N(C)C.CCCCCCCCCCCCCCONc1ccccc1.Cl. The van der Waals surface area contributed by atoms with Crippen LogP contribution in [0.2, 0.25) is 0 Å². The number of anilines is 1. The van der Waals surface area contributed by atoms with Crippen molar-refractivity contribution in [2.45, 2.75) is 104 Å². The van der Waals surface area contributed by atoms with Gasteiger partial charge in [0.25, 0.3) is 0 Å². The molecule has 1 rings (SSSR count). The van der Waals surface area contributed by atoms with Crippen LogP contribution >= 0.6 is 12.4 Å². The Balaban J connectivity index is 0. The molecule has 0 aliphatic carbocycles. The van der Waals surface area contributed by atoms with Gasteiger partial charge in [0, 0.05) is 6.61 Å². The summed E-state index contributed by atoms with van der Waals surface area (Å²) >= 11 is 0. The molecule has 1 N–H and O–H groups in total. The highest BCUT2D eigenvalue weighted by Crippen LogP contribution is 2.14. The van der Waals surface area contributed by atoms with E-state index < -0.39 is 0 Å². The predicted octanol–water partition coefficient (Wildman–Crippen LogP) is 8.64. The lowest BCUT2D eigenvalue weighted by molar-refractivity contribution is -0.0819. The van der Waals surface area contributed by atoms with Gasteiger partial charge in [-0.05, 0) is 52.6 Å². The largest absolute Gasteiger partial charge is 0.357 e. The molecule has 1 unspecified atom stereocenters. The van der Waals surface area contributed by atoms with E-state index in [0.717, 1.165) is 18.7 Å². The second-order valence-corrected chi connectivity index (χ2v) is 8.79. The average Bonchev–Trinajstić information content (AvgIpc) is 2.80. The van der Waals surface area contributed by atoms with Gasteiger partial charge >= 0.3 is 0 Å². The Morgan fingerprint density at radius 3 is 1.73 bits per heavy atom. The molecule has 1 aromatic rings. The molecule has 0 saturated heterocycles. The summed E-state index contributed by atoms with van der Waals surface area (Å²) in [5, 5.41) is 0. The molecule has 194 valence electrons. The number of rotatable bonds is 19. The van der Waals surface area contributed by atoms with Crippen LogP contribution in [0.15, 0.2) is 43.0 Å². The normalized spacial score (nSPS) is 12.3. The zero-order chi connectivity index (χ0) is 23.9. The van der Waals surface area contributed by atoms with Crippen LogP contribution < -0.4 is 5.48 Å². The highest BCUT2D eigenvalue weighted by atomic mass is 35.5. The number of benzene rings is 1. The molecule has 0 spiro atoms. The van der Waals surface area contributed by atoms with E-state index in [1.54, 1.807) is 6.08 Å². The number of ether oxygens (including phenoxy) is 1. The molecule has 5 heteroatoms. The monoisotopic (exact) mass is 484 g/mol. The number of unbranched alkanes of at least 4 members (excludes halogenated alkanes) is 11. The molecular formula is C28H53ClN2O2. The first-order valence-corrected chi connectivity index (χ1v) is 12.9. The average molecular weight is 485 g/mol. The number of hydrogen-bond acceptors (Lipinski definition) is 4. The summed E-state index contributed by atoms with van der Waals surface area (Å²) < 4.78 is 5.45. The number of nitrogens with one attached hydrogen (secondary N) is 1. The van der Waals surface area contributed by atoms with Crippen molar-refractivity contribution in [1.29, 1.82) is 0 Å². The minimum atomic E-state index is -0.311. The molecule has 0 radical (unpaired) electrons. The maximum Gasteiger partial charge on any atom is 0.137 e. The van der Waals surface area contributed by atoms with Gasteiger partial charge in [0.15, 0.2) is 0 Å². The highest BCUT2D eigenvalue weighted by Gasteiger charge is 2.21. The number of para-hydroxylation sites is 1. The van der Waals surface area contributed by atoms with Gasteiger partial charge in [-0.3, -0.25) is 15.2 Å². The van der Waals surface area contributed by atoms with Gasteiger partial charge in [-0.2, -0.15) is 0 Å². The van der Waals surface area contributed by atoms with Gasteiger partial charge in [-0.25, -0.2) is 0 Å². The van der Waals surface area contributed by atoms with Crippen LogP contribution in [0, 0.1) is 0 Å². The Morgan fingerprint density at radius 2 is 1.33 bits per heavy atom. The molecule has 0 bridgehead atoms. The highest BCUT2D eigenvalue weighted by molar-refractivity contribution is 5.85. The van der Waals surface area contributed by atoms with Crippen LogP contribution in [-0.4, -0.2) is 37.9 Å². The topological polar surface area (TPSA) is 33.7 Å². The lowest BCUT2D eigenvalue weighted by Gasteiger charge is -2.32. The Kier molecular flexibility index (Phi) is 24.9. The van der Waals surface area contributed by atoms with E-state index in [9.17, 15) is 0 Å². The molecule has 1 atom stereocenters. The molecule has 4 nitrogen and oxygen atoms in total. The van der Waals surface area contributed by atoms with Gasteiger partial charge in [0.05, 0.1) is 12.3 Å². The molecule has 0 saturated carbocycles. The van der Waals surface area contributed by atoms with E-state index >= 15 is 0 Å². The number of hydrogen-bond donors (Lipinski definition) is 1. The van der Waals surface area contributed by atoms with E-state index in [-0.39, 0.29) is 18.1 Å². The Morgan fingerprint density at radius 1 is 0.848 bits per heavy atom. The molecule has 1 aromatic carbocycles. The molecule has 0 aromatic heterocycles. The van der Waals surface area contributed by atoms with Gasteiger partial charge in [-0.1, -0.05) is 102 Å². The first kappa shape index (κ1) is 34.1. The fourth-order valence-electron chi connectivity index (χ4n) is 3.32. The minimum absolute atomic E-state index is 0. The molecule has 33 heavy (non-hydrogen) atoms. The van der Waals surface area contributed by atoms with Gasteiger partial charge in [0.2, 0.25) is 0 Å². The summed E-state index contributed by atoms with van der Waals surface area (Å²) in [6.07, 6.45) is 18.4. The smallest absolute Gasteiger partial charge is 0.137 e. The number of nitrogens with zero attached hydrogens (tertiary/aromatic N) is 1. The Hall–Kier alpha value is -1.07. The lowest BCUT2D eigenvalue weighted by atomic mass is 10.1. The second-order valence-electron chi connectivity index (χ2n) is 8.79. The van der Waals surface area contributed by atoms with E-state index in [1.165, 1.54) is 70.6 Å². The summed E-state index contributed by atoms with van der Waals surface area (Å²) in [6, 6.07) is 10.1. The van der Waals surface area contributed by atoms with Gasteiger partial charge in [-0.15, -0.1) is 12.4 Å². The number of likely N-dealkylation sites (N-methyl/N-ethyl adjacent to an activating group) is 1. The van der Waals surface area contributed by atoms with E-state index in [0.29, 0.717) is 6.61 Å². The fourth-order valence-corrected chi connectivity index (χ4v) is 3.32. The van der Waals surface area contributed by atoms with Crippen molar-refractivity contribution in [2.75, 3.05) is 32.8 Å². The summed E-state index contributed by atoms with van der Waals surface area (Å²) in [5.41, 5.74) is 3.70. The van der Waals surface area contributed by atoms with Crippen molar-refractivity contribution >= 4 is 18.1 Å². The first-order chi connectivity index (χ1) is 15.5. The third-order valence-corrected chi connectivity index (χ3v) is 5.77. The van der Waals surface area contributed by atoms with E-state index in [1.807, 2.05) is 63.2 Å². The molecule has 0 aliphatic heterocycles. The maximum absolute atomic E-state index is 5.46. The van der Waals surface area contributed by atoms with Gasteiger partial charge in [0.1, 0.15) is 5.72 Å². The lowest BCUT2D eigenvalue weighted by Crippen LogP contribution is -2.41. The summed E-state index contributed by atoms with van der Waals surface area (Å²) in [5.74, 6) is 0. The minimum Gasteiger partial charge on any atom is -0.357 e. The third-order valence-electron chi connectivity index (χ3n) is 5.77. The Labute approximate surface area is 211 Å². The zero-order valence-corrected chi connectivity index (χ0v) is 23.1. The quantitative estimate of drug-likeness (QED) is 0.0921. The molecule has 0 heterocycles. The van der Waals surface area contributed by atoms with Crippen molar-refractivity contribution in [1.82, 2.24) is 4.90 Å². The van der Waals surface area contributed by atoms with Crippen LogP contribution in [-0.2, 0) is 9.57 Å². The summed E-state index contributed by atoms with van der Waals surface area (Å²) in [6.45, 7) is 11.5. The van der Waals surface area contributed by atoms with Crippen molar-refractivity contribution in [3.05, 3.63) is 43.0 Å². The summed E-state index contributed by atoms with van der Waals surface area (Å²) in [4.78, 5) is 7.45. The molecule has 0 fully saturated rings. The van der Waals surface area contributed by atoms with E-state index in [4.69, 9.17) is 9.57 Å². The van der Waals surface area contributed by atoms with Crippen LogP contribution in [0.1, 0.15) is 97.8 Å². The standard InChI is InChI=1S/C20H35NO.C8H17NO.ClH/c1-2-3-4-5-6-7-8-9-10-11-12-16-19-22-21-20-17-14-13-15-18-20;1-6-8(3,9(4)5)10-7-2;/h13-15,17-18,21H,2-12,16,19H2,1H3;6H,1,7H2,2-5H3;1H. The van der Waals surface area contributed by atoms with Crippen molar-refractivity contribution in [2.24, 2.45) is 0 Å². The zero-order valence-electron chi connectivity index (χ0n) is 22.2. The van der Waals surface area contributed by atoms with Crippen LogP contribution in [0.3, 0.4) is 0 Å². The second kappa shape index (κ2) is 24.1. The van der Waals surface area contributed by atoms with Crippen LogP contribution in [0.5, 0.6) is 0 Å². The maximum atomic E-state index is 5.46. The molecule has 0 amide bonds. The fraction of sp³-hybridized carbons (Fsp3) is 0.714. The van der Waals surface area contributed by atoms with E-state index in [2.05, 4.69) is 19.0 Å². The summed E-state index contributed by atoms with van der Waals surface area (Å²) in [7, 11) is 3.94. The van der Waals surface area contributed by atoms with Crippen molar-refractivity contribution in [3.63, 3.8) is 0 Å². The first-order valence-electron chi connectivity index (χ1n) is 12.9. The third kappa shape index (κ3) is 20.1. The Bertz CT molecular complexity index is 528. The number of halogens is 1. The van der Waals surface area contributed by atoms with Crippen LogP contribution in [0.4, 0.5) is 5.69 Å².